The van der Waals surface area contributed by atoms with Gasteiger partial charge >= 0.3 is 0 Å². The molecule has 1 aliphatic carbocycles. The number of rotatable bonds is 3. The molecule has 110 valence electrons. The van der Waals surface area contributed by atoms with Gasteiger partial charge in [0.2, 0.25) is 0 Å². The van der Waals surface area contributed by atoms with Crippen molar-refractivity contribution in [3.05, 3.63) is 23.8 Å². The van der Waals surface area contributed by atoms with E-state index in [0.717, 1.165) is 30.5 Å². The summed E-state index contributed by atoms with van der Waals surface area (Å²) in [6.07, 6.45) is 6.99. The lowest BCUT2D eigenvalue weighted by atomic mass is 9.75. The second-order valence-corrected chi connectivity index (χ2v) is 6.30. The van der Waals surface area contributed by atoms with Gasteiger partial charge in [-0.2, -0.15) is 0 Å². The number of para-hydroxylation sites is 1. The van der Waals surface area contributed by atoms with Crippen LogP contribution < -0.4 is 4.74 Å². The van der Waals surface area contributed by atoms with Gasteiger partial charge in [0, 0.05) is 18.7 Å². The minimum absolute atomic E-state index is 0.306. The number of piperidine rings is 1. The zero-order valence-electron chi connectivity index (χ0n) is 12.3. The van der Waals surface area contributed by atoms with E-state index in [-0.39, 0.29) is 0 Å². The molecule has 2 unspecified atom stereocenters. The molecule has 0 spiro atoms. The molecule has 20 heavy (non-hydrogen) atoms. The van der Waals surface area contributed by atoms with E-state index in [0.29, 0.717) is 11.5 Å². The Morgan fingerprint density at radius 2 is 2.00 bits per heavy atom. The summed E-state index contributed by atoms with van der Waals surface area (Å²) in [4.78, 5) is 2.50. The molecule has 1 heterocycles. The van der Waals surface area contributed by atoms with Gasteiger partial charge in [0.1, 0.15) is 0 Å². The van der Waals surface area contributed by atoms with Crippen LogP contribution in [0.3, 0.4) is 0 Å². The van der Waals surface area contributed by atoms with Gasteiger partial charge in [-0.15, -0.1) is 0 Å². The van der Waals surface area contributed by atoms with Gasteiger partial charge in [-0.05, 0) is 37.3 Å². The normalized spacial score (nSPS) is 27.1. The van der Waals surface area contributed by atoms with Crippen molar-refractivity contribution in [2.24, 2.45) is 11.8 Å². The van der Waals surface area contributed by atoms with Crippen LogP contribution in [-0.2, 0) is 6.54 Å². The molecule has 3 nitrogen and oxygen atoms in total. The lowest BCUT2D eigenvalue weighted by molar-refractivity contribution is 0.0814. The average molecular weight is 275 g/mol. The van der Waals surface area contributed by atoms with Crippen molar-refractivity contribution in [3.8, 4) is 11.5 Å². The van der Waals surface area contributed by atoms with Gasteiger partial charge < -0.3 is 9.84 Å². The maximum atomic E-state index is 10.2. The van der Waals surface area contributed by atoms with Gasteiger partial charge in [0.25, 0.3) is 0 Å². The number of fused-ring (bicyclic) bond motifs is 1. The molecule has 1 aromatic carbocycles. The van der Waals surface area contributed by atoms with E-state index < -0.39 is 0 Å². The molecule has 1 aromatic rings. The number of benzene rings is 1. The largest absolute Gasteiger partial charge is 0.504 e. The number of likely N-dealkylation sites (tertiary alicyclic amines) is 1. The minimum atomic E-state index is 0.306. The molecule has 3 rings (SSSR count). The summed E-state index contributed by atoms with van der Waals surface area (Å²) >= 11 is 0. The van der Waals surface area contributed by atoms with Crippen LogP contribution in [-0.4, -0.2) is 30.2 Å². The summed E-state index contributed by atoms with van der Waals surface area (Å²) in [5, 5.41) is 10.2. The number of hydrogen-bond donors (Lipinski definition) is 1. The molecule has 0 bridgehead atoms. The third kappa shape index (κ3) is 2.78. The Morgan fingerprint density at radius 1 is 1.20 bits per heavy atom. The standard InChI is InChI=1S/C17H25NO2/c1-20-16-8-4-7-15(17(16)19)12-18-10-9-13-5-2-3-6-14(13)11-18/h4,7-8,13-14,19H,2-3,5-6,9-12H2,1H3. The first-order valence-corrected chi connectivity index (χ1v) is 7.85. The van der Waals surface area contributed by atoms with Crippen LogP contribution in [0, 0.1) is 11.8 Å². The van der Waals surface area contributed by atoms with Crippen LogP contribution >= 0.6 is 0 Å². The highest BCUT2D eigenvalue weighted by molar-refractivity contribution is 5.45. The Labute approximate surface area is 121 Å². The monoisotopic (exact) mass is 275 g/mol. The molecule has 2 aliphatic rings. The molecule has 1 saturated carbocycles. The predicted octanol–water partition coefficient (Wildman–Crippen LogP) is 3.41. The maximum Gasteiger partial charge on any atom is 0.162 e. The van der Waals surface area contributed by atoms with Crippen LogP contribution in [0.5, 0.6) is 11.5 Å². The summed E-state index contributed by atoms with van der Waals surface area (Å²) in [5.74, 6) is 2.72. The fraction of sp³-hybridized carbons (Fsp3) is 0.647. The van der Waals surface area contributed by atoms with E-state index in [1.54, 1.807) is 7.11 Å². The topological polar surface area (TPSA) is 32.7 Å². The highest BCUT2D eigenvalue weighted by atomic mass is 16.5. The molecule has 0 aromatic heterocycles. The minimum Gasteiger partial charge on any atom is -0.504 e. The highest BCUT2D eigenvalue weighted by Crippen LogP contribution is 2.37. The molecule has 0 amide bonds. The van der Waals surface area contributed by atoms with Crippen molar-refractivity contribution in [3.63, 3.8) is 0 Å². The summed E-state index contributed by atoms with van der Waals surface area (Å²) < 4.78 is 5.19. The Hall–Kier alpha value is -1.22. The Kier molecular flexibility index (Phi) is 4.16. The van der Waals surface area contributed by atoms with Gasteiger partial charge in [0.15, 0.2) is 11.5 Å². The first-order chi connectivity index (χ1) is 9.78. The van der Waals surface area contributed by atoms with Crippen LogP contribution in [0.2, 0.25) is 0 Å². The molecule has 2 fully saturated rings. The van der Waals surface area contributed by atoms with E-state index in [9.17, 15) is 5.11 Å². The number of phenolic OH excluding ortho intramolecular Hbond substituents is 1. The molecule has 2 atom stereocenters. The molecule has 0 radical (unpaired) electrons. The maximum absolute atomic E-state index is 10.2. The fourth-order valence-corrected chi connectivity index (χ4v) is 3.92. The van der Waals surface area contributed by atoms with Gasteiger partial charge in [0.05, 0.1) is 7.11 Å². The Morgan fingerprint density at radius 3 is 2.80 bits per heavy atom. The van der Waals surface area contributed by atoms with Crippen molar-refractivity contribution in [1.82, 2.24) is 4.90 Å². The predicted molar refractivity (Wildman–Crippen MR) is 80.0 cm³/mol. The zero-order valence-corrected chi connectivity index (χ0v) is 12.3. The van der Waals surface area contributed by atoms with E-state index in [1.807, 2.05) is 18.2 Å². The van der Waals surface area contributed by atoms with Crippen molar-refractivity contribution >= 4 is 0 Å². The third-order valence-corrected chi connectivity index (χ3v) is 5.07. The molecular weight excluding hydrogens is 250 g/mol. The zero-order chi connectivity index (χ0) is 13.9. The number of aromatic hydroxyl groups is 1. The molecular formula is C17H25NO2. The van der Waals surface area contributed by atoms with E-state index >= 15 is 0 Å². The van der Waals surface area contributed by atoms with Crippen molar-refractivity contribution in [1.29, 1.82) is 0 Å². The van der Waals surface area contributed by atoms with Gasteiger partial charge in [-0.1, -0.05) is 31.4 Å². The van der Waals surface area contributed by atoms with Crippen molar-refractivity contribution in [2.45, 2.75) is 38.6 Å². The van der Waals surface area contributed by atoms with Crippen LogP contribution in [0.25, 0.3) is 0 Å². The SMILES string of the molecule is COc1cccc(CN2CCC3CCCCC3C2)c1O. The number of ether oxygens (including phenoxy) is 1. The molecule has 1 N–H and O–H groups in total. The number of hydrogen-bond acceptors (Lipinski definition) is 3. The van der Waals surface area contributed by atoms with Crippen molar-refractivity contribution < 1.29 is 9.84 Å². The summed E-state index contributed by atoms with van der Waals surface area (Å²) in [5.41, 5.74) is 0.985. The van der Waals surface area contributed by atoms with Crippen LogP contribution in [0.4, 0.5) is 0 Å². The van der Waals surface area contributed by atoms with E-state index in [1.165, 1.54) is 38.6 Å². The Balaban J connectivity index is 1.66. The number of methoxy groups -OCH3 is 1. The van der Waals surface area contributed by atoms with Gasteiger partial charge in [-0.25, -0.2) is 0 Å². The van der Waals surface area contributed by atoms with E-state index in [2.05, 4.69) is 4.90 Å². The third-order valence-electron chi connectivity index (χ3n) is 5.07. The first kappa shape index (κ1) is 13.7. The Bertz CT molecular complexity index is 460. The average Bonchev–Trinajstić information content (AvgIpc) is 2.49. The quantitative estimate of drug-likeness (QED) is 0.917. The summed E-state index contributed by atoms with van der Waals surface area (Å²) in [6.45, 7) is 3.20. The smallest absolute Gasteiger partial charge is 0.162 e. The second kappa shape index (κ2) is 6.04. The number of phenols is 1. The molecule has 1 aliphatic heterocycles. The molecule has 3 heteroatoms. The summed E-state index contributed by atoms with van der Waals surface area (Å²) in [7, 11) is 1.60. The van der Waals surface area contributed by atoms with Gasteiger partial charge in [-0.3, -0.25) is 4.90 Å². The fourth-order valence-electron chi connectivity index (χ4n) is 3.92. The summed E-state index contributed by atoms with van der Waals surface area (Å²) in [6, 6.07) is 5.78. The lowest BCUT2D eigenvalue weighted by Crippen LogP contribution is -2.41. The lowest BCUT2D eigenvalue weighted by Gasteiger charge is -2.41. The second-order valence-electron chi connectivity index (χ2n) is 6.30. The van der Waals surface area contributed by atoms with Crippen molar-refractivity contribution in [2.75, 3.05) is 20.2 Å². The number of nitrogens with zero attached hydrogens (tertiary/aromatic N) is 1. The first-order valence-electron chi connectivity index (χ1n) is 7.85. The van der Waals surface area contributed by atoms with Crippen LogP contribution in [0.1, 0.15) is 37.7 Å². The highest BCUT2D eigenvalue weighted by Gasteiger charge is 2.31. The molecule has 1 saturated heterocycles. The van der Waals surface area contributed by atoms with Crippen LogP contribution in [0.15, 0.2) is 18.2 Å². The van der Waals surface area contributed by atoms with E-state index in [4.69, 9.17) is 4.74 Å².